The van der Waals surface area contributed by atoms with Gasteiger partial charge in [0.15, 0.2) is 0 Å². The van der Waals surface area contributed by atoms with Crippen LogP contribution in [-0.2, 0) is 11.2 Å². The van der Waals surface area contributed by atoms with Gasteiger partial charge in [0, 0.05) is 0 Å². The number of carbonyl (C=O) groups is 1. The maximum absolute atomic E-state index is 13.0. The molecule has 0 fully saturated rings. The van der Waals surface area contributed by atoms with Gasteiger partial charge in [0.25, 0.3) is 0 Å². The molecule has 3 N–H and O–H groups in total. The second kappa shape index (κ2) is 6.35. The van der Waals surface area contributed by atoms with Crippen molar-refractivity contribution in [2.24, 2.45) is 5.73 Å². The lowest BCUT2D eigenvalue weighted by Crippen LogP contribution is -2.29. The smallest absolute Gasteiger partial charge is 0.320 e. The van der Waals surface area contributed by atoms with Crippen LogP contribution in [0.25, 0.3) is 0 Å². The summed E-state index contributed by atoms with van der Waals surface area (Å²) in [7, 11) is 0. The molecule has 0 heterocycles. The Morgan fingerprint density at radius 2 is 2.18 bits per heavy atom. The van der Waals surface area contributed by atoms with Crippen molar-refractivity contribution in [3.63, 3.8) is 0 Å². The zero-order valence-electron chi connectivity index (χ0n) is 9.95. The van der Waals surface area contributed by atoms with Gasteiger partial charge in [-0.15, -0.1) is 0 Å². The quantitative estimate of drug-likeness (QED) is 0.748. The highest BCUT2D eigenvalue weighted by atomic mass is 19.1. The van der Waals surface area contributed by atoms with Crippen molar-refractivity contribution >= 4 is 5.97 Å². The Bertz CT molecular complexity index is 393. The SMILES string of the molecule is Cc1cc(CCCCC(N)C(=O)O)ccc1F. The molecule has 0 amide bonds. The summed E-state index contributed by atoms with van der Waals surface area (Å²) in [4.78, 5) is 10.5. The molecule has 0 saturated heterocycles. The number of aliphatic carboxylic acids is 1. The lowest BCUT2D eigenvalue weighted by Gasteiger charge is -2.06. The molecule has 0 aromatic heterocycles. The minimum absolute atomic E-state index is 0.193. The van der Waals surface area contributed by atoms with E-state index in [4.69, 9.17) is 10.8 Å². The van der Waals surface area contributed by atoms with Gasteiger partial charge in [-0.1, -0.05) is 18.6 Å². The van der Waals surface area contributed by atoms with Crippen LogP contribution in [0.15, 0.2) is 18.2 Å². The molecule has 0 aliphatic rings. The number of aryl methyl sites for hydroxylation is 2. The minimum Gasteiger partial charge on any atom is -0.480 e. The Kier molecular flexibility index (Phi) is 5.10. The van der Waals surface area contributed by atoms with Gasteiger partial charge in [0.2, 0.25) is 0 Å². The third-order valence-corrected chi connectivity index (χ3v) is 2.77. The van der Waals surface area contributed by atoms with Gasteiger partial charge >= 0.3 is 5.97 Å². The monoisotopic (exact) mass is 239 g/mol. The molecule has 1 atom stereocenters. The van der Waals surface area contributed by atoms with Gasteiger partial charge in [-0.25, -0.2) is 4.39 Å². The molecule has 17 heavy (non-hydrogen) atoms. The van der Waals surface area contributed by atoms with Crippen LogP contribution in [0.1, 0.15) is 30.4 Å². The summed E-state index contributed by atoms with van der Waals surface area (Å²) in [6.45, 7) is 1.74. The predicted octanol–water partition coefficient (Wildman–Crippen LogP) is 2.26. The summed E-state index contributed by atoms with van der Waals surface area (Å²) < 4.78 is 13.0. The Balaban J connectivity index is 2.31. The summed E-state index contributed by atoms with van der Waals surface area (Å²) in [5.74, 6) is -1.15. The van der Waals surface area contributed by atoms with E-state index in [0.717, 1.165) is 24.8 Å². The number of unbranched alkanes of at least 4 members (excludes halogenated alkanes) is 1. The van der Waals surface area contributed by atoms with Gasteiger partial charge in [-0.3, -0.25) is 4.79 Å². The van der Waals surface area contributed by atoms with Crippen molar-refractivity contribution in [1.29, 1.82) is 0 Å². The summed E-state index contributed by atoms with van der Waals surface area (Å²) in [6.07, 6.45) is 2.94. The van der Waals surface area contributed by atoms with E-state index in [1.54, 1.807) is 13.0 Å². The molecule has 1 aromatic rings. The van der Waals surface area contributed by atoms with E-state index in [2.05, 4.69) is 0 Å². The number of hydrogen-bond acceptors (Lipinski definition) is 2. The van der Waals surface area contributed by atoms with Crippen molar-refractivity contribution in [2.45, 2.75) is 38.6 Å². The van der Waals surface area contributed by atoms with Crippen LogP contribution >= 0.6 is 0 Å². The predicted molar refractivity (Wildman–Crippen MR) is 64.3 cm³/mol. The van der Waals surface area contributed by atoms with Crippen molar-refractivity contribution in [2.75, 3.05) is 0 Å². The normalized spacial score (nSPS) is 12.4. The number of carboxylic acid groups (broad SMARTS) is 1. The summed E-state index contributed by atoms with van der Waals surface area (Å²) in [5.41, 5.74) is 7.11. The van der Waals surface area contributed by atoms with E-state index in [9.17, 15) is 9.18 Å². The van der Waals surface area contributed by atoms with Crippen LogP contribution in [0.3, 0.4) is 0 Å². The minimum atomic E-state index is -0.956. The van der Waals surface area contributed by atoms with Gasteiger partial charge in [-0.05, 0) is 43.4 Å². The molecule has 0 bridgehead atoms. The molecule has 0 saturated carbocycles. The van der Waals surface area contributed by atoms with Gasteiger partial charge < -0.3 is 10.8 Å². The van der Waals surface area contributed by atoms with Crippen molar-refractivity contribution in [1.82, 2.24) is 0 Å². The second-order valence-corrected chi connectivity index (χ2v) is 4.27. The molecule has 3 nitrogen and oxygen atoms in total. The van der Waals surface area contributed by atoms with Gasteiger partial charge in [0.1, 0.15) is 11.9 Å². The Morgan fingerprint density at radius 1 is 1.47 bits per heavy atom. The first-order chi connectivity index (χ1) is 8.00. The molecule has 0 radical (unpaired) electrons. The molecule has 1 unspecified atom stereocenters. The molecule has 0 spiro atoms. The Hall–Kier alpha value is -1.42. The summed E-state index contributed by atoms with van der Waals surface area (Å²) >= 11 is 0. The highest BCUT2D eigenvalue weighted by Gasteiger charge is 2.10. The maximum Gasteiger partial charge on any atom is 0.320 e. The third kappa shape index (κ3) is 4.53. The number of hydrogen-bond donors (Lipinski definition) is 2. The standard InChI is InChI=1S/C13H18FNO2/c1-9-8-10(6-7-11(9)14)4-2-3-5-12(15)13(16)17/h6-8,12H,2-5,15H2,1H3,(H,16,17). The largest absolute Gasteiger partial charge is 0.480 e. The van der Waals surface area contributed by atoms with Crippen LogP contribution in [-0.4, -0.2) is 17.1 Å². The van der Waals surface area contributed by atoms with Crippen molar-refractivity contribution < 1.29 is 14.3 Å². The average Bonchev–Trinajstić information content (AvgIpc) is 2.28. The van der Waals surface area contributed by atoms with Gasteiger partial charge in [0.05, 0.1) is 0 Å². The number of carboxylic acids is 1. The first-order valence-corrected chi connectivity index (χ1v) is 5.74. The zero-order chi connectivity index (χ0) is 12.8. The lowest BCUT2D eigenvalue weighted by molar-refractivity contribution is -0.138. The third-order valence-electron chi connectivity index (χ3n) is 2.77. The molecular formula is C13H18FNO2. The van der Waals surface area contributed by atoms with Crippen LogP contribution in [0, 0.1) is 12.7 Å². The molecule has 4 heteroatoms. The van der Waals surface area contributed by atoms with Crippen LogP contribution in [0.2, 0.25) is 0 Å². The summed E-state index contributed by atoms with van der Waals surface area (Å²) in [6, 6.07) is 4.28. The molecular weight excluding hydrogens is 221 g/mol. The van der Waals surface area contributed by atoms with E-state index in [1.165, 1.54) is 6.07 Å². The topological polar surface area (TPSA) is 63.3 Å². The van der Waals surface area contributed by atoms with E-state index in [1.807, 2.05) is 6.07 Å². The number of benzene rings is 1. The highest BCUT2D eigenvalue weighted by molar-refractivity contribution is 5.72. The van der Waals surface area contributed by atoms with Gasteiger partial charge in [-0.2, -0.15) is 0 Å². The fourth-order valence-corrected chi connectivity index (χ4v) is 1.68. The number of rotatable bonds is 6. The average molecular weight is 239 g/mol. The molecule has 1 rings (SSSR count). The molecule has 0 aliphatic carbocycles. The second-order valence-electron chi connectivity index (χ2n) is 4.27. The molecule has 94 valence electrons. The van der Waals surface area contributed by atoms with Crippen molar-refractivity contribution in [3.8, 4) is 0 Å². The molecule has 1 aromatic carbocycles. The number of halogens is 1. The first kappa shape index (κ1) is 13.6. The van der Waals surface area contributed by atoms with Crippen molar-refractivity contribution in [3.05, 3.63) is 35.1 Å². The lowest BCUT2D eigenvalue weighted by atomic mass is 10.0. The fraction of sp³-hybridized carbons (Fsp3) is 0.462. The Labute approximate surface area is 100 Å². The summed E-state index contributed by atoms with van der Waals surface area (Å²) in [5, 5.41) is 8.60. The van der Waals surface area contributed by atoms with Crippen LogP contribution in [0.5, 0.6) is 0 Å². The van der Waals surface area contributed by atoms with Crippen LogP contribution in [0.4, 0.5) is 4.39 Å². The maximum atomic E-state index is 13.0. The van der Waals surface area contributed by atoms with E-state index >= 15 is 0 Å². The van der Waals surface area contributed by atoms with E-state index < -0.39 is 12.0 Å². The zero-order valence-corrected chi connectivity index (χ0v) is 9.95. The molecule has 0 aliphatic heterocycles. The Morgan fingerprint density at radius 3 is 2.76 bits per heavy atom. The van der Waals surface area contributed by atoms with E-state index in [0.29, 0.717) is 12.0 Å². The highest BCUT2D eigenvalue weighted by Crippen LogP contribution is 2.12. The number of nitrogens with two attached hydrogens (primary N) is 1. The first-order valence-electron chi connectivity index (χ1n) is 5.74. The van der Waals surface area contributed by atoms with E-state index in [-0.39, 0.29) is 5.82 Å². The fourth-order valence-electron chi connectivity index (χ4n) is 1.68. The van der Waals surface area contributed by atoms with Crippen LogP contribution < -0.4 is 5.73 Å².